The third-order valence-electron chi connectivity index (χ3n) is 8.95. The molecule has 0 bridgehead atoms. The molecule has 2 aliphatic heterocycles. The molecule has 27 heteroatoms. The number of alkyl carbamates (subject to hydrolysis) is 2. The van der Waals surface area contributed by atoms with Crippen molar-refractivity contribution in [1.29, 1.82) is 0 Å². The van der Waals surface area contributed by atoms with E-state index in [1.54, 1.807) is 69.2 Å². The van der Waals surface area contributed by atoms with E-state index in [0.29, 0.717) is 0 Å². The van der Waals surface area contributed by atoms with Crippen LogP contribution in [0.25, 0.3) is 0 Å². The summed E-state index contributed by atoms with van der Waals surface area (Å²) in [6.07, 6.45) is -6.68. The molecule has 0 saturated carbocycles. The third kappa shape index (κ3) is 17.6. The number of nitrogen functional groups attached to an aromatic ring is 1. The van der Waals surface area contributed by atoms with Gasteiger partial charge < -0.3 is 64.4 Å². The van der Waals surface area contributed by atoms with Crippen LogP contribution < -0.4 is 21.7 Å². The highest BCUT2D eigenvalue weighted by molar-refractivity contribution is 8.00. The molecule has 1 aromatic heterocycles. The normalized spacial score (nSPS) is 17.3. The molecule has 3 heterocycles. The lowest BCUT2D eigenvalue weighted by Crippen LogP contribution is -2.71. The van der Waals surface area contributed by atoms with Crippen molar-refractivity contribution in [3.63, 3.8) is 0 Å². The number of carbonyl (C=O) groups is 9. The Kier molecular flexibility index (Phi) is 20.4. The summed E-state index contributed by atoms with van der Waals surface area (Å²) in [5.74, 6) is -6.47. The number of nitrogens with zero attached hydrogens (tertiary/aromatic N) is 3. The number of carbonyl (C=O) groups excluding carboxylic acids is 9. The molecule has 2 aliphatic rings. The molecule has 4 amide bonds. The predicted octanol–water partition coefficient (Wildman–Crippen LogP) is 2.89. The number of amides is 4. The molecular weight excluding hydrogens is 955 g/mol. The van der Waals surface area contributed by atoms with Gasteiger partial charge in [0.05, 0.1) is 0 Å². The molecule has 3 rings (SSSR count). The van der Waals surface area contributed by atoms with Crippen LogP contribution in [0, 0.1) is 11.8 Å². The fourth-order valence-corrected chi connectivity index (χ4v) is 7.79. The van der Waals surface area contributed by atoms with Crippen molar-refractivity contribution in [1.82, 2.24) is 25.8 Å². The van der Waals surface area contributed by atoms with Crippen LogP contribution in [0.15, 0.2) is 21.8 Å². The molecule has 1 aromatic rings. The van der Waals surface area contributed by atoms with Gasteiger partial charge in [-0.15, -0.1) is 23.1 Å². The first kappa shape index (κ1) is 56.9. The average Bonchev–Trinajstić information content (AvgIpc) is 3.65. The Morgan fingerprint density at radius 1 is 0.841 bits per heavy atom. The number of thioether (sulfide) groups is 1. The summed E-state index contributed by atoms with van der Waals surface area (Å²) in [6, 6.07) is -3.67. The number of nitrogens with one attached hydrogen (secondary N) is 3. The topological polar surface area (TPSA) is 327 Å². The van der Waals surface area contributed by atoms with Crippen LogP contribution in [0.5, 0.6) is 0 Å². The van der Waals surface area contributed by atoms with Gasteiger partial charge in [-0.25, -0.2) is 33.8 Å². The van der Waals surface area contributed by atoms with Crippen LogP contribution in [0.3, 0.4) is 0 Å². The number of ether oxygens (including phenoxy) is 8. The van der Waals surface area contributed by atoms with Gasteiger partial charge in [-0.2, -0.15) is 0 Å². The molecule has 69 heavy (non-hydrogen) atoms. The second kappa shape index (κ2) is 24.8. The minimum Gasteiger partial charge on any atom is -0.461 e. The van der Waals surface area contributed by atoms with E-state index in [4.69, 9.17) is 48.5 Å². The summed E-state index contributed by atoms with van der Waals surface area (Å²) < 4.78 is 42.4. The van der Waals surface area contributed by atoms with E-state index in [9.17, 15) is 43.2 Å². The van der Waals surface area contributed by atoms with E-state index >= 15 is 0 Å². The number of hydrogen-bond donors (Lipinski definition) is 4. The van der Waals surface area contributed by atoms with Crippen molar-refractivity contribution in [3.05, 3.63) is 22.3 Å². The van der Waals surface area contributed by atoms with Gasteiger partial charge in [-0.05, 0) is 53.4 Å². The lowest BCUT2D eigenvalue weighted by molar-refractivity contribution is -0.173. The van der Waals surface area contributed by atoms with Gasteiger partial charge in [-0.3, -0.25) is 19.3 Å². The van der Waals surface area contributed by atoms with Crippen LogP contribution in [0.4, 0.5) is 19.5 Å². The molecule has 5 N–H and O–H groups in total. The van der Waals surface area contributed by atoms with E-state index in [1.165, 1.54) is 12.5 Å². The second-order valence-corrected chi connectivity index (χ2v) is 19.9. The summed E-state index contributed by atoms with van der Waals surface area (Å²) in [5, 5.41) is 11.9. The van der Waals surface area contributed by atoms with Crippen molar-refractivity contribution >= 4 is 88.0 Å². The van der Waals surface area contributed by atoms with Crippen molar-refractivity contribution in [2.75, 3.05) is 38.4 Å². The molecular formula is C42H61N7O18S2. The van der Waals surface area contributed by atoms with Crippen LogP contribution >= 0.6 is 23.1 Å². The van der Waals surface area contributed by atoms with Gasteiger partial charge in [0, 0.05) is 30.6 Å². The van der Waals surface area contributed by atoms with E-state index in [0.717, 1.165) is 41.8 Å². The SMILES string of the molecule is CO/N=C(/C(=O)N[C@@H]1C(=O)N2C(C(=O)OC(C)OC(=O)OC(COC(=O)[C@@H](NC(=O)OC(C)(C)C)C(C)C)COC(=O)[C@@H](NC(=O)OC(C)(C)C)C(C)C)=C(COC(C)=O)CS[C@H]12)c1csc(N)n1. The molecule has 0 radical (unpaired) electrons. The number of oxime groups is 1. The van der Waals surface area contributed by atoms with E-state index in [1.807, 2.05) is 0 Å². The number of aromatic nitrogens is 1. The molecule has 384 valence electrons. The van der Waals surface area contributed by atoms with Gasteiger partial charge in [0.2, 0.25) is 6.29 Å². The number of hydrogen-bond acceptors (Lipinski definition) is 23. The first-order valence-corrected chi connectivity index (χ1v) is 23.3. The Labute approximate surface area is 406 Å². The maximum absolute atomic E-state index is 13.8. The average molecular weight is 1020 g/mol. The fraction of sp³-hybridized carbons (Fsp3) is 0.643. The molecule has 25 nitrogen and oxygen atoms in total. The van der Waals surface area contributed by atoms with Gasteiger partial charge in [0.1, 0.15) is 73.0 Å². The van der Waals surface area contributed by atoms with E-state index < -0.39 is 133 Å². The molecule has 1 fully saturated rings. The molecule has 1 unspecified atom stereocenters. The van der Waals surface area contributed by atoms with E-state index in [2.05, 4.69) is 26.1 Å². The van der Waals surface area contributed by atoms with Crippen LogP contribution in [-0.4, -0.2) is 149 Å². The summed E-state index contributed by atoms with van der Waals surface area (Å²) in [6.45, 7) is 16.5. The number of esters is 4. The number of rotatable bonds is 20. The Morgan fingerprint density at radius 3 is 1.83 bits per heavy atom. The first-order chi connectivity index (χ1) is 32.0. The summed E-state index contributed by atoms with van der Waals surface area (Å²) >= 11 is 2.18. The third-order valence-corrected chi connectivity index (χ3v) is 11.0. The lowest BCUT2D eigenvalue weighted by atomic mass is 10.0. The van der Waals surface area contributed by atoms with E-state index in [-0.39, 0.29) is 33.6 Å². The zero-order chi connectivity index (χ0) is 52.1. The lowest BCUT2D eigenvalue weighted by Gasteiger charge is -2.49. The number of β-lactam (4-membered cyclic amide) rings is 1. The summed E-state index contributed by atoms with van der Waals surface area (Å²) in [4.78, 5) is 127. The summed E-state index contributed by atoms with van der Waals surface area (Å²) in [7, 11) is 1.21. The number of thiazole rings is 1. The van der Waals surface area contributed by atoms with Gasteiger partial charge >= 0.3 is 42.2 Å². The Balaban J connectivity index is 1.79. The maximum atomic E-state index is 13.8. The first-order valence-electron chi connectivity index (χ1n) is 21.4. The predicted molar refractivity (Wildman–Crippen MR) is 244 cm³/mol. The fourth-order valence-electron chi connectivity index (χ4n) is 5.91. The van der Waals surface area contributed by atoms with Gasteiger partial charge in [0.25, 0.3) is 11.8 Å². The highest BCUT2D eigenvalue weighted by atomic mass is 32.2. The largest absolute Gasteiger partial charge is 0.511 e. The monoisotopic (exact) mass is 1020 g/mol. The minimum absolute atomic E-state index is 0.0203. The number of fused-ring (bicyclic) bond motifs is 1. The smallest absolute Gasteiger partial charge is 0.461 e. The highest BCUT2D eigenvalue weighted by Crippen LogP contribution is 2.41. The highest BCUT2D eigenvalue weighted by Gasteiger charge is 2.55. The second-order valence-electron chi connectivity index (χ2n) is 17.9. The number of anilines is 1. The molecule has 0 spiro atoms. The quantitative estimate of drug-likeness (QED) is 0.0364. The number of nitrogens with two attached hydrogens (primary N) is 1. The van der Waals surface area contributed by atoms with Crippen LogP contribution in [0.2, 0.25) is 0 Å². The Bertz CT molecular complexity index is 2090. The molecule has 0 aromatic carbocycles. The van der Waals surface area contributed by atoms with Crippen LogP contribution in [0.1, 0.15) is 88.8 Å². The van der Waals surface area contributed by atoms with Crippen molar-refractivity contribution in [2.45, 2.75) is 130 Å². The standard InChI is InChI=1S/C42H61N7O18S2/c1-19(2)26(46-38(56)66-41(7,8)9)34(53)61-15-24(16-62-35(54)27(20(3)4)47-39(57)67-42(10,11)12)65-40(58)64-22(6)63-36(55)30-23(14-60-21(5)50)17-68-33-29(32(52)49(30)33)45-31(51)28(48-59-13)25-18-69-37(43)44-25/h18-20,22,24,26-27,29,33H,14-17H2,1-13H3,(H2,43,44)(H,45,51)(H,46,56)(H,47,57)/b48-28+/t22?,26-,27-,29+,33+/m0/s1. The maximum Gasteiger partial charge on any atom is 0.511 e. The van der Waals surface area contributed by atoms with Crippen molar-refractivity contribution < 1.29 is 85.9 Å². The zero-order valence-corrected chi connectivity index (χ0v) is 42.2. The van der Waals surface area contributed by atoms with Crippen molar-refractivity contribution in [2.24, 2.45) is 17.0 Å². The Morgan fingerprint density at radius 2 is 1.38 bits per heavy atom. The van der Waals surface area contributed by atoms with Gasteiger partial charge in [-0.1, -0.05) is 32.9 Å². The zero-order valence-electron chi connectivity index (χ0n) is 40.6. The molecule has 5 atom stereocenters. The minimum atomic E-state index is -1.75. The van der Waals surface area contributed by atoms with Gasteiger partial charge in [0.15, 0.2) is 16.9 Å². The Hall–Kier alpha value is -6.38. The molecule has 1 saturated heterocycles. The van der Waals surface area contributed by atoms with Crippen molar-refractivity contribution in [3.8, 4) is 0 Å². The van der Waals surface area contributed by atoms with Crippen LogP contribution in [-0.2, 0) is 71.5 Å². The molecule has 0 aliphatic carbocycles. The summed E-state index contributed by atoms with van der Waals surface area (Å²) in [5.41, 5.74) is 3.54.